The van der Waals surface area contributed by atoms with Crippen LogP contribution in [0, 0.1) is 0 Å². The van der Waals surface area contributed by atoms with Crippen molar-refractivity contribution in [2.24, 2.45) is 0 Å². The van der Waals surface area contributed by atoms with Crippen LogP contribution < -0.4 is 0 Å². The van der Waals surface area contributed by atoms with Crippen LogP contribution in [0.4, 0.5) is 0 Å². The summed E-state index contributed by atoms with van der Waals surface area (Å²) in [5.74, 6) is -0.878. The van der Waals surface area contributed by atoms with Crippen LogP contribution in [0.5, 0.6) is 0 Å². The predicted octanol–water partition coefficient (Wildman–Crippen LogP) is 21.1. The van der Waals surface area contributed by atoms with E-state index < -0.39 is 6.10 Å². The van der Waals surface area contributed by atoms with Crippen molar-refractivity contribution in [1.82, 2.24) is 0 Å². The first-order valence-electron chi connectivity index (χ1n) is 31.1. The van der Waals surface area contributed by atoms with Gasteiger partial charge in [0.15, 0.2) is 6.10 Å². The lowest BCUT2D eigenvalue weighted by molar-refractivity contribution is -0.167. The second-order valence-corrected chi connectivity index (χ2v) is 20.6. The second-order valence-electron chi connectivity index (χ2n) is 20.6. The monoisotopic (exact) mass is 1020 g/mol. The molecule has 0 aliphatic heterocycles. The molecule has 1 atom stereocenters. The Balaban J connectivity index is 4.20. The van der Waals surface area contributed by atoms with Gasteiger partial charge in [0, 0.05) is 19.3 Å². The lowest BCUT2D eigenvalue weighted by atomic mass is 10.1. The first-order chi connectivity index (χ1) is 36.0. The number of carbonyl (C=O) groups excluding carboxylic acids is 3. The van der Waals surface area contributed by atoms with Gasteiger partial charge in [0.25, 0.3) is 0 Å². The summed E-state index contributed by atoms with van der Waals surface area (Å²) in [6, 6.07) is 0. The van der Waals surface area contributed by atoms with Gasteiger partial charge in [-0.25, -0.2) is 0 Å². The van der Waals surface area contributed by atoms with Crippen LogP contribution in [0.1, 0.15) is 303 Å². The average Bonchev–Trinajstić information content (AvgIpc) is 3.39. The highest BCUT2D eigenvalue weighted by Gasteiger charge is 2.19. The third-order valence-electron chi connectivity index (χ3n) is 13.4. The molecule has 0 N–H and O–H groups in total. The van der Waals surface area contributed by atoms with Crippen LogP contribution in [-0.4, -0.2) is 37.2 Å². The minimum atomic E-state index is -0.778. The van der Waals surface area contributed by atoms with Crippen LogP contribution in [-0.2, 0) is 28.6 Å². The van der Waals surface area contributed by atoms with Crippen molar-refractivity contribution in [3.05, 3.63) is 85.1 Å². The Morgan fingerprint density at radius 2 is 0.534 bits per heavy atom. The third kappa shape index (κ3) is 59.3. The molecule has 0 heterocycles. The van der Waals surface area contributed by atoms with E-state index in [2.05, 4.69) is 106 Å². The predicted molar refractivity (Wildman–Crippen MR) is 316 cm³/mol. The number of hydrogen-bond donors (Lipinski definition) is 0. The van der Waals surface area contributed by atoms with Crippen molar-refractivity contribution in [2.45, 2.75) is 309 Å². The molecule has 6 heteroatoms. The van der Waals surface area contributed by atoms with Crippen LogP contribution in [0.25, 0.3) is 0 Å². The van der Waals surface area contributed by atoms with E-state index in [1.165, 1.54) is 167 Å². The molecule has 0 saturated carbocycles. The Kier molecular flexibility index (Phi) is 58.3. The number of ether oxygens (including phenoxy) is 3. The zero-order valence-electron chi connectivity index (χ0n) is 48.1. The van der Waals surface area contributed by atoms with Gasteiger partial charge in [-0.3, -0.25) is 14.4 Å². The topological polar surface area (TPSA) is 78.9 Å². The number of rotatable bonds is 56. The summed E-state index contributed by atoms with van der Waals surface area (Å²) in [6.07, 6.45) is 80.2. The van der Waals surface area contributed by atoms with Crippen molar-refractivity contribution in [2.75, 3.05) is 13.2 Å². The smallest absolute Gasteiger partial charge is 0.306 e. The largest absolute Gasteiger partial charge is 0.462 e. The molecule has 1 unspecified atom stereocenters. The van der Waals surface area contributed by atoms with Crippen molar-refractivity contribution < 1.29 is 28.6 Å². The van der Waals surface area contributed by atoms with Crippen LogP contribution in [0.3, 0.4) is 0 Å². The van der Waals surface area contributed by atoms with E-state index >= 15 is 0 Å². The molecule has 0 fully saturated rings. The van der Waals surface area contributed by atoms with Gasteiger partial charge in [-0.15, -0.1) is 0 Å². The SMILES string of the molecule is CC/C=C\C/C=C\C/C=C\C/C=C\C/C=C\C/C=C\CCCCCCCCCCCCC(=O)OCC(COC(=O)CCCCCCCCCCC)OC(=O)CCCCCCCCC/C=C\CCCCCCCC. The summed E-state index contributed by atoms with van der Waals surface area (Å²) in [6.45, 7) is 6.52. The molecular weight excluding hydrogens is 901 g/mol. The molecule has 0 radical (unpaired) electrons. The van der Waals surface area contributed by atoms with Gasteiger partial charge in [0.1, 0.15) is 13.2 Å². The highest BCUT2D eigenvalue weighted by atomic mass is 16.6. The standard InChI is InChI=1S/C67H116O6/c1-4-7-10-13-16-19-21-23-25-27-28-29-30-31-32-33-34-35-36-37-38-40-41-43-45-48-51-54-57-60-66(69)72-63-64(62-71-65(68)59-56-53-50-47-18-15-12-9-6-3)73-67(70)61-58-55-52-49-46-44-42-39-26-24-22-20-17-14-11-8-5-2/h7,10,16,19,23-26,28-29,31-32,34-35,64H,4-6,8-9,11-15,17-18,20-22,27,30,33,36-63H2,1-3H3/b10-7-,19-16-,25-23-,26-24-,29-28-,32-31-,35-34-. The van der Waals surface area contributed by atoms with E-state index in [0.29, 0.717) is 19.3 Å². The van der Waals surface area contributed by atoms with E-state index in [1.54, 1.807) is 0 Å². The van der Waals surface area contributed by atoms with Crippen molar-refractivity contribution >= 4 is 17.9 Å². The van der Waals surface area contributed by atoms with E-state index in [9.17, 15) is 14.4 Å². The van der Waals surface area contributed by atoms with Crippen LogP contribution >= 0.6 is 0 Å². The molecule has 0 aromatic heterocycles. The van der Waals surface area contributed by atoms with Crippen LogP contribution in [0.15, 0.2) is 85.1 Å². The van der Waals surface area contributed by atoms with E-state index in [0.717, 1.165) is 96.3 Å². The van der Waals surface area contributed by atoms with Gasteiger partial charge < -0.3 is 14.2 Å². The zero-order chi connectivity index (χ0) is 52.9. The molecule has 0 aliphatic rings. The quantitative estimate of drug-likeness (QED) is 0.0261. The minimum absolute atomic E-state index is 0.0764. The number of allylic oxidation sites excluding steroid dienone is 14. The summed E-state index contributed by atoms with van der Waals surface area (Å²) in [5.41, 5.74) is 0. The highest BCUT2D eigenvalue weighted by molar-refractivity contribution is 5.71. The molecule has 0 amide bonds. The Morgan fingerprint density at radius 1 is 0.288 bits per heavy atom. The average molecular weight is 1020 g/mol. The molecule has 6 nitrogen and oxygen atoms in total. The van der Waals surface area contributed by atoms with Gasteiger partial charge in [-0.05, 0) is 96.3 Å². The summed E-state index contributed by atoms with van der Waals surface area (Å²) < 4.78 is 16.9. The highest BCUT2D eigenvalue weighted by Crippen LogP contribution is 2.16. The molecular formula is C67H116O6. The molecule has 420 valence electrons. The first-order valence-corrected chi connectivity index (χ1v) is 31.1. The Bertz CT molecular complexity index is 1400. The van der Waals surface area contributed by atoms with Gasteiger partial charge in [0.05, 0.1) is 0 Å². The van der Waals surface area contributed by atoms with Crippen molar-refractivity contribution in [3.63, 3.8) is 0 Å². The summed E-state index contributed by atoms with van der Waals surface area (Å²) in [5, 5.41) is 0. The number of hydrogen-bond acceptors (Lipinski definition) is 6. The van der Waals surface area contributed by atoms with Crippen LogP contribution in [0.2, 0.25) is 0 Å². The number of carbonyl (C=O) groups is 3. The molecule has 73 heavy (non-hydrogen) atoms. The molecule has 0 bridgehead atoms. The Morgan fingerprint density at radius 3 is 0.849 bits per heavy atom. The maximum atomic E-state index is 12.9. The normalized spacial score (nSPS) is 12.6. The molecule has 0 aromatic rings. The van der Waals surface area contributed by atoms with E-state index in [-0.39, 0.29) is 31.1 Å². The molecule has 0 aromatic carbocycles. The van der Waals surface area contributed by atoms with Crippen molar-refractivity contribution in [1.29, 1.82) is 0 Å². The fraction of sp³-hybridized carbons (Fsp3) is 0.746. The fourth-order valence-corrected chi connectivity index (χ4v) is 8.74. The lowest BCUT2D eigenvalue weighted by Gasteiger charge is -2.18. The maximum Gasteiger partial charge on any atom is 0.306 e. The van der Waals surface area contributed by atoms with Gasteiger partial charge in [-0.1, -0.05) is 273 Å². The summed E-state index contributed by atoms with van der Waals surface area (Å²) in [4.78, 5) is 38.1. The minimum Gasteiger partial charge on any atom is -0.462 e. The lowest BCUT2D eigenvalue weighted by Crippen LogP contribution is -2.30. The van der Waals surface area contributed by atoms with E-state index in [1.807, 2.05) is 0 Å². The summed E-state index contributed by atoms with van der Waals surface area (Å²) in [7, 11) is 0. The summed E-state index contributed by atoms with van der Waals surface area (Å²) >= 11 is 0. The van der Waals surface area contributed by atoms with Gasteiger partial charge in [-0.2, -0.15) is 0 Å². The second kappa shape index (κ2) is 61.1. The number of unbranched alkanes of at least 4 members (excludes halogenated alkanes) is 31. The molecule has 0 spiro atoms. The van der Waals surface area contributed by atoms with Crippen molar-refractivity contribution in [3.8, 4) is 0 Å². The van der Waals surface area contributed by atoms with Gasteiger partial charge >= 0.3 is 17.9 Å². The third-order valence-corrected chi connectivity index (χ3v) is 13.4. The zero-order valence-corrected chi connectivity index (χ0v) is 48.1. The fourth-order valence-electron chi connectivity index (χ4n) is 8.74. The molecule has 0 rings (SSSR count). The van der Waals surface area contributed by atoms with Gasteiger partial charge in [0.2, 0.25) is 0 Å². The van der Waals surface area contributed by atoms with E-state index in [4.69, 9.17) is 14.2 Å². The molecule has 0 saturated heterocycles. The Labute approximate surface area is 452 Å². The molecule has 0 aliphatic carbocycles. The maximum absolute atomic E-state index is 12.9. The number of esters is 3. The first kappa shape index (κ1) is 69.6. The Hall–Kier alpha value is -3.41.